The van der Waals surface area contributed by atoms with Crippen LogP contribution in [-0.2, 0) is 9.47 Å². The van der Waals surface area contributed by atoms with Crippen LogP contribution in [0.1, 0.15) is 52.4 Å². The van der Waals surface area contributed by atoms with Gasteiger partial charge >= 0.3 is 0 Å². The van der Waals surface area contributed by atoms with Crippen LogP contribution in [0, 0.1) is 0 Å². The number of rotatable bonds is 8. The molecule has 2 saturated heterocycles. The molecule has 0 aromatic heterocycles. The second-order valence-electron chi connectivity index (χ2n) is 6.32. The molecule has 0 unspecified atom stereocenters. The number of ether oxygens (including phenoxy) is 2. The second-order valence-corrected chi connectivity index (χ2v) is 6.32. The van der Waals surface area contributed by atoms with Crippen LogP contribution in [0.15, 0.2) is 0 Å². The fourth-order valence-corrected chi connectivity index (χ4v) is 2.79. The number of hydrogen-bond donors (Lipinski definition) is 0. The summed E-state index contributed by atoms with van der Waals surface area (Å²) >= 11 is 0. The molecule has 4 heteroatoms. The van der Waals surface area contributed by atoms with E-state index in [0.717, 1.165) is 52.6 Å². The Morgan fingerprint density at radius 3 is 1.50 bits per heavy atom. The molecule has 4 nitrogen and oxygen atoms in total. The lowest BCUT2D eigenvalue weighted by molar-refractivity contribution is 0.0371. The van der Waals surface area contributed by atoms with Crippen LogP contribution in [-0.4, -0.2) is 75.5 Å². The molecule has 132 valence electrons. The van der Waals surface area contributed by atoms with Gasteiger partial charge in [0.05, 0.1) is 26.4 Å². The van der Waals surface area contributed by atoms with Crippen molar-refractivity contribution < 1.29 is 9.47 Å². The highest BCUT2D eigenvalue weighted by atomic mass is 16.5. The molecular weight excluding hydrogens is 276 g/mol. The first kappa shape index (κ1) is 19.9. The Labute approximate surface area is 138 Å². The van der Waals surface area contributed by atoms with E-state index in [1.54, 1.807) is 0 Å². The van der Waals surface area contributed by atoms with Crippen molar-refractivity contribution in [1.29, 1.82) is 0 Å². The maximum Gasteiger partial charge on any atom is 0.0594 e. The summed E-state index contributed by atoms with van der Waals surface area (Å²) in [5.74, 6) is 0. The largest absolute Gasteiger partial charge is 0.379 e. The molecule has 0 aromatic carbocycles. The van der Waals surface area contributed by atoms with E-state index >= 15 is 0 Å². The molecule has 2 aliphatic heterocycles. The fraction of sp³-hybridized carbons (Fsp3) is 1.00. The van der Waals surface area contributed by atoms with Gasteiger partial charge in [0.1, 0.15) is 0 Å². The zero-order chi connectivity index (χ0) is 15.9. The van der Waals surface area contributed by atoms with Gasteiger partial charge < -0.3 is 9.47 Å². The molecule has 2 heterocycles. The first-order valence-electron chi connectivity index (χ1n) is 9.47. The molecular formula is C18H38N2O2. The summed E-state index contributed by atoms with van der Waals surface area (Å²) in [6, 6.07) is 0. The van der Waals surface area contributed by atoms with Crippen LogP contribution in [0.2, 0.25) is 0 Å². The van der Waals surface area contributed by atoms with E-state index < -0.39 is 0 Å². The monoisotopic (exact) mass is 314 g/mol. The minimum atomic E-state index is 0.934. The smallest absolute Gasteiger partial charge is 0.0594 e. The van der Waals surface area contributed by atoms with Gasteiger partial charge in [-0.25, -0.2) is 0 Å². The van der Waals surface area contributed by atoms with Crippen molar-refractivity contribution in [2.75, 3.05) is 65.7 Å². The Hall–Kier alpha value is -0.160. The van der Waals surface area contributed by atoms with Gasteiger partial charge in [0.2, 0.25) is 0 Å². The van der Waals surface area contributed by atoms with Gasteiger partial charge in [0, 0.05) is 26.2 Å². The summed E-state index contributed by atoms with van der Waals surface area (Å²) < 4.78 is 10.5. The zero-order valence-electron chi connectivity index (χ0n) is 15.0. The second kappa shape index (κ2) is 14.4. The average molecular weight is 315 g/mol. The Morgan fingerprint density at radius 1 is 0.591 bits per heavy atom. The Kier molecular flexibility index (Phi) is 13.0. The first-order valence-corrected chi connectivity index (χ1v) is 9.47. The summed E-state index contributed by atoms with van der Waals surface area (Å²) in [5.41, 5.74) is 0. The summed E-state index contributed by atoms with van der Waals surface area (Å²) in [5, 5.41) is 0. The number of hydrogen-bond acceptors (Lipinski definition) is 4. The molecule has 2 rings (SSSR count). The maximum absolute atomic E-state index is 5.29. The van der Waals surface area contributed by atoms with Crippen molar-refractivity contribution in [1.82, 2.24) is 9.80 Å². The summed E-state index contributed by atoms with van der Waals surface area (Å²) in [6.07, 6.45) is 8.13. The van der Waals surface area contributed by atoms with Crippen LogP contribution in [0.4, 0.5) is 0 Å². The topological polar surface area (TPSA) is 24.9 Å². The van der Waals surface area contributed by atoms with Crippen molar-refractivity contribution in [3.8, 4) is 0 Å². The lowest BCUT2D eigenvalue weighted by Crippen LogP contribution is -2.36. The molecule has 0 bridgehead atoms. The zero-order valence-corrected chi connectivity index (χ0v) is 15.0. The van der Waals surface area contributed by atoms with Gasteiger partial charge in [-0.05, 0) is 25.9 Å². The SMILES string of the molecule is CCCCCCN1CCOCC1.CCCCN1CCOCC1. The Bertz CT molecular complexity index is 227. The van der Waals surface area contributed by atoms with E-state index in [4.69, 9.17) is 9.47 Å². The standard InChI is InChI=1S/C10H21NO.C8H17NO/c1-2-3-4-5-6-11-7-9-12-10-8-11;1-2-3-4-9-5-7-10-8-6-9/h2-10H2,1H3;2-8H2,1H3. The molecule has 0 aliphatic carbocycles. The molecule has 0 atom stereocenters. The van der Waals surface area contributed by atoms with Crippen LogP contribution in [0.3, 0.4) is 0 Å². The predicted molar refractivity (Wildman–Crippen MR) is 93.6 cm³/mol. The van der Waals surface area contributed by atoms with Crippen molar-refractivity contribution in [3.63, 3.8) is 0 Å². The molecule has 2 aliphatic rings. The van der Waals surface area contributed by atoms with E-state index in [2.05, 4.69) is 23.6 Å². The van der Waals surface area contributed by atoms with Crippen LogP contribution < -0.4 is 0 Å². The minimum Gasteiger partial charge on any atom is -0.379 e. The molecule has 2 fully saturated rings. The first-order chi connectivity index (χ1) is 10.9. The highest BCUT2D eigenvalue weighted by molar-refractivity contribution is 4.61. The van der Waals surface area contributed by atoms with Gasteiger partial charge in [-0.1, -0.05) is 39.5 Å². The van der Waals surface area contributed by atoms with Crippen molar-refractivity contribution in [3.05, 3.63) is 0 Å². The normalized spacial score (nSPS) is 20.5. The van der Waals surface area contributed by atoms with E-state index in [9.17, 15) is 0 Å². The van der Waals surface area contributed by atoms with Gasteiger partial charge in [-0.15, -0.1) is 0 Å². The van der Waals surface area contributed by atoms with Crippen LogP contribution in [0.5, 0.6) is 0 Å². The van der Waals surface area contributed by atoms with Crippen molar-refractivity contribution >= 4 is 0 Å². The minimum absolute atomic E-state index is 0.934. The Balaban J connectivity index is 0.000000224. The fourth-order valence-electron chi connectivity index (χ4n) is 2.79. The number of unbranched alkanes of at least 4 members (excludes halogenated alkanes) is 4. The molecule has 0 amide bonds. The van der Waals surface area contributed by atoms with Crippen molar-refractivity contribution in [2.45, 2.75) is 52.4 Å². The molecule has 0 N–H and O–H groups in total. The third-order valence-corrected chi connectivity index (χ3v) is 4.36. The van der Waals surface area contributed by atoms with Gasteiger partial charge in [-0.3, -0.25) is 9.80 Å². The van der Waals surface area contributed by atoms with E-state index in [1.165, 1.54) is 51.6 Å². The van der Waals surface area contributed by atoms with Gasteiger partial charge in [-0.2, -0.15) is 0 Å². The summed E-state index contributed by atoms with van der Waals surface area (Å²) in [6.45, 7) is 15.4. The average Bonchev–Trinajstić information content (AvgIpc) is 2.59. The molecule has 0 radical (unpaired) electrons. The number of morpholine rings is 2. The van der Waals surface area contributed by atoms with Crippen molar-refractivity contribution in [2.24, 2.45) is 0 Å². The predicted octanol–water partition coefficient (Wildman–Crippen LogP) is 3.02. The number of nitrogens with zero attached hydrogens (tertiary/aromatic N) is 2. The maximum atomic E-state index is 5.29. The van der Waals surface area contributed by atoms with Crippen LogP contribution in [0.25, 0.3) is 0 Å². The molecule has 0 aromatic rings. The lowest BCUT2D eigenvalue weighted by atomic mass is 10.2. The van der Waals surface area contributed by atoms with Gasteiger partial charge in [0.25, 0.3) is 0 Å². The van der Waals surface area contributed by atoms with E-state index in [1.807, 2.05) is 0 Å². The molecule has 0 saturated carbocycles. The molecule has 0 spiro atoms. The summed E-state index contributed by atoms with van der Waals surface area (Å²) in [7, 11) is 0. The lowest BCUT2D eigenvalue weighted by Gasteiger charge is -2.26. The Morgan fingerprint density at radius 2 is 1.05 bits per heavy atom. The van der Waals surface area contributed by atoms with Crippen LogP contribution >= 0.6 is 0 Å². The van der Waals surface area contributed by atoms with E-state index in [0.29, 0.717) is 0 Å². The quantitative estimate of drug-likeness (QED) is 0.643. The van der Waals surface area contributed by atoms with Gasteiger partial charge in [0.15, 0.2) is 0 Å². The highest BCUT2D eigenvalue weighted by Crippen LogP contribution is 2.03. The third kappa shape index (κ3) is 10.5. The molecule has 22 heavy (non-hydrogen) atoms. The van der Waals surface area contributed by atoms with E-state index in [-0.39, 0.29) is 0 Å². The highest BCUT2D eigenvalue weighted by Gasteiger charge is 2.09. The third-order valence-electron chi connectivity index (χ3n) is 4.36. The summed E-state index contributed by atoms with van der Waals surface area (Å²) in [4.78, 5) is 4.99.